The number of ether oxygens (including phenoxy) is 1. The van der Waals surface area contributed by atoms with E-state index in [0.29, 0.717) is 17.1 Å². The van der Waals surface area contributed by atoms with Crippen LogP contribution in [-0.4, -0.2) is 28.2 Å². The first-order chi connectivity index (χ1) is 11.2. The Balaban J connectivity index is 1.77. The van der Waals surface area contributed by atoms with Gasteiger partial charge in [0.2, 0.25) is 0 Å². The first-order valence-electron chi connectivity index (χ1n) is 7.09. The van der Waals surface area contributed by atoms with Crippen molar-refractivity contribution >= 4 is 11.7 Å². The fourth-order valence-corrected chi connectivity index (χ4v) is 2.21. The van der Waals surface area contributed by atoms with Gasteiger partial charge in [0.05, 0.1) is 12.8 Å². The average Bonchev–Trinajstić information content (AvgIpc) is 3.04. The molecule has 2 N–H and O–H groups in total. The van der Waals surface area contributed by atoms with E-state index in [1.165, 1.54) is 0 Å². The Hall–Kier alpha value is -3.15. The maximum Gasteiger partial charge on any atom is 0.256 e. The fourth-order valence-electron chi connectivity index (χ4n) is 2.21. The van der Waals surface area contributed by atoms with Crippen molar-refractivity contribution < 1.29 is 9.53 Å². The van der Waals surface area contributed by atoms with E-state index >= 15 is 0 Å². The summed E-state index contributed by atoms with van der Waals surface area (Å²) in [7, 11) is 1.58. The highest BCUT2D eigenvalue weighted by atomic mass is 16.5. The molecule has 6 heteroatoms. The van der Waals surface area contributed by atoms with Crippen molar-refractivity contribution in [3.05, 3.63) is 59.9 Å². The summed E-state index contributed by atoms with van der Waals surface area (Å²) >= 11 is 0. The lowest BCUT2D eigenvalue weighted by atomic mass is 10.1. The Bertz CT molecular complexity index is 828. The van der Waals surface area contributed by atoms with E-state index < -0.39 is 0 Å². The van der Waals surface area contributed by atoms with Crippen LogP contribution in [0.15, 0.2) is 48.8 Å². The number of nitrogens with one attached hydrogen (secondary N) is 2. The molecule has 0 radical (unpaired) electrons. The van der Waals surface area contributed by atoms with Crippen LogP contribution in [0.4, 0.5) is 5.82 Å². The maximum atomic E-state index is 12.3. The monoisotopic (exact) mass is 308 g/mol. The van der Waals surface area contributed by atoms with Crippen LogP contribution in [0.25, 0.3) is 11.3 Å². The van der Waals surface area contributed by atoms with Crippen LogP contribution < -0.4 is 10.1 Å². The van der Waals surface area contributed by atoms with Gasteiger partial charge in [-0.25, -0.2) is 0 Å². The van der Waals surface area contributed by atoms with Crippen LogP contribution in [0.3, 0.4) is 0 Å². The summed E-state index contributed by atoms with van der Waals surface area (Å²) in [6, 6.07) is 10.8. The summed E-state index contributed by atoms with van der Waals surface area (Å²) in [6.07, 6.45) is 3.40. The third kappa shape index (κ3) is 3.21. The number of anilines is 1. The van der Waals surface area contributed by atoms with E-state index in [0.717, 1.165) is 16.8 Å². The van der Waals surface area contributed by atoms with Crippen LogP contribution in [0.2, 0.25) is 0 Å². The number of aryl methyl sites for hydroxylation is 1. The zero-order valence-electron chi connectivity index (χ0n) is 12.8. The van der Waals surface area contributed by atoms with Crippen LogP contribution in [-0.2, 0) is 0 Å². The van der Waals surface area contributed by atoms with Crippen LogP contribution >= 0.6 is 0 Å². The molecule has 0 bridgehead atoms. The standard InChI is InChI=1S/C17H16N4O2/c1-11-3-4-13(9-15(11)23-2)17(22)19-16-10-14(20-21-16)12-5-7-18-8-6-12/h3-10H,1-2H3,(H2,19,20,21,22). The summed E-state index contributed by atoms with van der Waals surface area (Å²) in [5.41, 5.74) is 3.25. The Kier molecular flexibility index (Phi) is 4.05. The molecule has 1 aromatic carbocycles. The van der Waals surface area contributed by atoms with E-state index in [-0.39, 0.29) is 5.91 Å². The Morgan fingerprint density at radius 1 is 1.17 bits per heavy atom. The van der Waals surface area contributed by atoms with Gasteiger partial charge in [0.1, 0.15) is 5.75 Å². The summed E-state index contributed by atoms with van der Waals surface area (Å²) in [5.74, 6) is 0.898. The molecule has 3 rings (SSSR count). The lowest BCUT2D eigenvalue weighted by Crippen LogP contribution is -2.12. The number of hydrogen-bond acceptors (Lipinski definition) is 4. The first kappa shape index (κ1) is 14.8. The van der Waals surface area contributed by atoms with Gasteiger partial charge >= 0.3 is 0 Å². The highest BCUT2D eigenvalue weighted by Gasteiger charge is 2.11. The molecule has 0 spiro atoms. The Morgan fingerprint density at radius 3 is 2.70 bits per heavy atom. The summed E-state index contributed by atoms with van der Waals surface area (Å²) in [5, 5.41) is 9.77. The number of benzene rings is 1. The van der Waals surface area contributed by atoms with Gasteiger partial charge in [-0.1, -0.05) is 6.07 Å². The Morgan fingerprint density at radius 2 is 1.96 bits per heavy atom. The zero-order chi connectivity index (χ0) is 16.2. The SMILES string of the molecule is COc1cc(C(=O)Nc2cc(-c3ccncc3)[nH]n2)ccc1C. The maximum absolute atomic E-state index is 12.3. The molecule has 0 unspecified atom stereocenters. The Labute approximate surface area is 133 Å². The van der Waals surface area contributed by atoms with Crippen molar-refractivity contribution in [3.8, 4) is 17.0 Å². The van der Waals surface area contributed by atoms with Crippen molar-refractivity contribution in [3.63, 3.8) is 0 Å². The van der Waals surface area contributed by atoms with Gasteiger partial charge in [-0.15, -0.1) is 0 Å². The van der Waals surface area contributed by atoms with Gasteiger partial charge in [-0.05, 0) is 36.8 Å². The molecule has 3 aromatic rings. The molecule has 116 valence electrons. The number of carbonyl (C=O) groups excluding carboxylic acids is 1. The van der Waals surface area contributed by atoms with E-state index in [4.69, 9.17) is 4.74 Å². The van der Waals surface area contributed by atoms with Gasteiger partial charge in [0.25, 0.3) is 5.91 Å². The summed E-state index contributed by atoms with van der Waals surface area (Å²) in [4.78, 5) is 16.3. The molecule has 0 aliphatic rings. The zero-order valence-corrected chi connectivity index (χ0v) is 12.8. The topological polar surface area (TPSA) is 79.9 Å². The van der Waals surface area contributed by atoms with Crippen LogP contribution in [0, 0.1) is 6.92 Å². The molecule has 0 atom stereocenters. The van der Waals surface area contributed by atoms with E-state index in [9.17, 15) is 4.79 Å². The number of nitrogens with zero attached hydrogens (tertiary/aromatic N) is 2. The predicted molar refractivity (Wildman–Crippen MR) is 87.5 cm³/mol. The molecule has 2 heterocycles. The summed E-state index contributed by atoms with van der Waals surface area (Å²) in [6.45, 7) is 1.93. The van der Waals surface area contributed by atoms with Crippen molar-refractivity contribution in [2.75, 3.05) is 12.4 Å². The minimum atomic E-state index is -0.240. The number of methoxy groups -OCH3 is 1. The number of hydrogen-bond donors (Lipinski definition) is 2. The predicted octanol–water partition coefficient (Wildman–Crippen LogP) is 3.04. The third-order valence-corrected chi connectivity index (χ3v) is 3.48. The van der Waals surface area contributed by atoms with Crippen molar-refractivity contribution in [1.29, 1.82) is 0 Å². The summed E-state index contributed by atoms with van der Waals surface area (Å²) < 4.78 is 5.24. The second-order valence-electron chi connectivity index (χ2n) is 5.04. The van der Waals surface area contributed by atoms with Gasteiger partial charge in [-0.3, -0.25) is 14.9 Å². The molecular weight excluding hydrogens is 292 g/mol. The number of pyridine rings is 1. The molecule has 1 amide bonds. The van der Waals surface area contributed by atoms with Gasteiger partial charge in [-0.2, -0.15) is 5.10 Å². The average molecular weight is 308 g/mol. The number of carbonyl (C=O) groups is 1. The first-order valence-corrected chi connectivity index (χ1v) is 7.09. The van der Waals surface area contributed by atoms with Crippen LogP contribution in [0.5, 0.6) is 5.75 Å². The second kappa shape index (κ2) is 6.31. The molecule has 23 heavy (non-hydrogen) atoms. The minimum Gasteiger partial charge on any atom is -0.496 e. The van der Waals surface area contributed by atoms with E-state index in [1.54, 1.807) is 37.7 Å². The second-order valence-corrected chi connectivity index (χ2v) is 5.04. The van der Waals surface area contributed by atoms with Crippen molar-refractivity contribution in [1.82, 2.24) is 15.2 Å². The minimum absolute atomic E-state index is 0.240. The van der Waals surface area contributed by atoms with Crippen LogP contribution in [0.1, 0.15) is 15.9 Å². The molecule has 2 aromatic heterocycles. The normalized spacial score (nSPS) is 10.3. The molecule has 6 nitrogen and oxygen atoms in total. The third-order valence-electron chi connectivity index (χ3n) is 3.48. The quantitative estimate of drug-likeness (QED) is 0.776. The molecule has 0 aliphatic heterocycles. The molecule has 0 aliphatic carbocycles. The number of aromatic amines is 1. The van der Waals surface area contributed by atoms with E-state index in [2.05, 4.69) is 20.5 Å². The molecule has 0 saturated carbocycles. The lowest BCUT2D eigenvalue weighted by molar-refractivity contribution is 0.102. The molecule has 0 saturated heterocycles. The smallest absolute Gasteiger partial charge is 0.256 e. The van der Waals surface area contributed by atoms with Crippen molar-refractivity contribution in [2.45, 2.75) is 6.92 Å². The number of rotatable bonds is 4. The van der Waals surface area contributed by atoms with Gasteiger partial charge < -0.3 is 10.1 Å². The number of amides is 1. The lowest BCUT2D eigenvalue weighted by Gasteiger charge is -2.07. The van der Waals surface area contributed by atoms with E-state index in [1.807, 2.05) is 25.1 Å². The number of aromatic nitrogens is 3. The highest BCUT2D eigenvalue weighted by molar-refractivity contribution is 6.04. The largest absolute Gasteiger partial charge is 0.496 e. The van der Waals surface area contributed by atoms with Crippen molar-refractivity contribution in [2.24, 2.45) is 0 Å². The van der Waals surface area contributed by atoms with Gasteiger partial charge in [0, 0.05) is 29.6 Å². The fraction of sp³-hybridized carbons (Fsp3) is 0.118. The number of H-pyrrole nitrogens is 1. The molecule has 0 fully saturated rings. The molecular formula is C17H16N4O2. The highest BCUT2D eigenvalue weighted by Crippen LogP contribution is 2.21. The van der Waals surface area contributed by atoms with Gasteiger partial charge in [0.15, 0.2) is 5.82 Å².